The molecule has 2 aliphatic rings. The lowest BCUT2D eigenvalue weighted by Gasteiger charge is -2.37. The van der Waals surface area contributed by atoms with E-state index < -0.39 is 0 Å². The van der Waals surface area contributed by atoms with Crippen molar-refractivity contribution in [1.82, 2.24) is 9.88 Å². The first-order chi connectivity index (χ1) is 9.69. The number of nitrogens with zero attached hydrogens (tertiary/aromatic N) is 2. The Morgan fingerprint density at radius 2 is 2.10 bits per heavy atom. The van der Waals surface area contributed by atoms with Gasteiger partial charge in [0.05, 0.1) is 18.0 Å². The maximum atomic E-state index is 12.6. The molecule has 0 aromatic carbocycles. The molecule has 20 heavy (non-hydrogen) atoms. The second-order valence-corrected chi connectivity index (χ2v) is 5.69. The van der Waals surface area contributed by atoms with Crippen LogP contribution in [0.4, 0.5) is 5.69 Å². The van der Waals surface area contributed by atoms with Crippen molar-refractivity contribution in [2.24, 2.45) is 0 Å². The predicted molar refractivity (Wildman–Crippen MR) is 76.6 cm³/mol. The fourth-order valence-corrected chi connectivity index (χ4v) is 3.44. The van der Waals surface area contributed by atoms with Crippen LogP contribution in [-0.4, -0.2) is 45.6 Å². The topological polar surface area (TPSA) is 65.5 Å². The summed E-state index contributed by atoms with van der Waals surface area (Å²) in [6, 6.07) is 4.05. The van der Waals surface area contributed by atoms with Crippen LogP contribution in [-0.2, 0) is 0 Å². The average Bonchev–Trinajstić information content (AvgIpc) is 2.71. The Labute approximate surface area is 119 Å². The number of pyridine rings is 1. The fraction of sp³-hybridized carbons (Fsp3) is 0.600. The summed E-state index contributed by atoms with van der Waals surface area (Å²) >= 11 is 0. The third kappa shape index (κ3) is 2.38. The Hall–Kier alpha value is -1.62. The van der Waals surface area contributed by atoms with Gasteiger partial charge in [-0.3, -0.25) is 4.79 Å². The van der Waals surface area contributed by atoms with Crippen LogP contribution in [0, 0.1) is 0 Å². The summed E-state index contributed by atoms with van der Waals surface area (Å²) < 4.78 is 0. The molecule has 2 saturated heterocycles. The molecule has 1 aromatic rings. The van der Waals surface area contributed by atoms with E-state index in [1.54, 1.807) is 12.3 Å². The Morgan fingerprint density at radius 3 is 2.65 bits per heavy atom. The standard InChI is InChI=1S/C15H21N3O2/c1-2-16-10-3-6-14(17-9-10)15(20)18-11-4-5-12(18)8-13(19)7-11/h3,6,9,11-13,16,19H,2,4-5,7-8H2,1H3. The first-order valence-electron chi connectivity index (χ1n) is 7.39. The zero-order valence-corrected chi connectivity index (χ0v) is 11.7. The van der Waals surface area contributed by atoms with Crippen LogP contribution < -0.4 is 5.32 Å². The van der Waals surface area contributed by atoms with Crippen molar-refractivity contribution in [3.63, 3.8) is 0 Å². The minimum absolute atomic E-state index is 0.00690. The van der Waals surface area contributed by atoms with E-state index in [4.69, 9.17) is 0 Å². The van der Waals surface area contributed by atoms with Crippen LogP contribution in [0.1, 0.15) is 43.1 Å². The third-order valence-corrected chi connectivity index (χ3v) is 4.31. The molecule has 5 nitrogen and oxygen atoms in total. The number of nitrogens with one attached hydrogen (secondary N) is 1. The quantitative estimate of drug-likeness (QED) is 0.880. The number of fused-ring (bicyclic) bond motifs is 2. The van der Waals surface area contributed by atoms with E-state index in [0.717, 1.165) is 25.1 Å². The smallest absolute Gasteiger partial charge is 0.272 e. The number of amides is 1. The molecule has 0 radical (unpaired) electrons. The van der Waals surface area contributed by atoms with Crippen molar-refractivity contribution < 1.29 is 9.90 Å². The Balaban J connectivity index is 1.76. The fourth-order valence-electron chi connectivity index (χ4n) is 3.44. The van der Waals surface area contributed by atoms with Crippen LogP contribution in [0.15, 0.2) is 18.3 Å². The molecular formula is C15H21N3O2. The van der Waals surface area contributed by atoms with Crippen molar-refractivity contribution in [2.45, 2.75) is 50.8 Å². The van der Waals surface area contributed by atoms with Crippen molar-refractivity contribution in [3.8, 4) is 0 Å². The van der Waals surface area contributed by atoms with E-state index in [0.29, 0.717) is 18.5 Å². The number of aliphatic hydroxyl groups is 1. The molecule has 3 rings (SSSR count). The molecule has 2 atom stereocenters. The van der Waals surface area contributed by atoms with Crippen LogP contribution in [0.3, 0.4) is 0 Å². The summed E-state index contributed by atoms with van der Waals surface area (Å²) in [5.74, 6) is 0.00690. The highest BCUT2D eigenvalue weighted by molar-refractivity contribution is 5.93. The maximum Gasteiger partial charge on any atom is 0.272 e. The number of hydrogen-bond acceptors (Lipinski definition) is 4. The monoisotopic (exact) mass is 275 g/mol. The zero-order chi connectivity index (χ0) is 14.1. The molecule has 0 saturated carbocycles. The number of aliphatic hydroxyl groups excluding tert-OH is 1. The van der Waals surface area contributed by atoms with Crippen molar-refractivity contribution in [2.75, 3.05) is 11.9 Å². The van der Waals surface area contributed by atoms with Crippen LogP contribution in [0.5, 0.6) is 0 Å². The number of rotatable bonds is 3. The maximum absolute atomic E-state index is 12.6. The van der Waals surface area contributed by atoms with Crippen LogP contribution in [0.25, 0.3) is 0 Å². The molecular weight excluding hydrogens is 254 g/mol. The summed E-state index contributed by atoms with van der Waals surface area (Å²) in [5.41, 5.74) is 1.43. The zero-order valence-electron chi connectivity index (χ0n) is 11.7. The van der Waals surface area contributed by atoms with Crippen molar-refractivity contribution >= 4 is 11.6 Å². The van der Waals surface area contributed by atoms with Gasteiger partial charge in [-0.1, -0.05) is 0 Å². The number of piperidine rings is 1. The molecule has 2 fully saturated rings. The summed E-state index contributed by atoms with van der Waals surface area (Å²) in [6.45, 7) is 2.86. The number of anilines is 1. The lowest BCUT2D eigenvalue weighted by atomic mass is 9.99. The van der Waals surface area contributed by atoms with E-state index in [1.165, 1.54) is 0 Å². The van der Waals surface area contributed by atoms with Gasteiger partial charge in [-0.05, 0) is 44.7 Å². The number of hydrogen-bond donors (Lipinski definition) is 2. The first-order valence-corrected chi connectivity index (χ1v) is 7.39. The number of carbonyl (C=O) groups excluding carboxylic acids is 1. The number of carbonyl (C=O) groups is 1. The molecule has 3 heterocycles. The second kappa shape index (κ2) is 5.40. The van der Waals surface area contributed by atoms with Gasteiger partial charge in [0, 0.05) is 18.6 Å². The summed E-state index contributed by atoms with van der Waals surface area (Å²) in [5, 5.41) is 13.0. The molecule has 0 spiro atoms. The van der Waals surface area contributed by atoms with E-state index in [-0.39, 0.29) is 24.1 Å². The first kappa shape index (κ1) is 13.4. The van der Waals surface area contributed by atoms with E-state index in [9.17, 15) is 9.90 Å². The molecule has 1 amide bonds. The van der Waals surface area contributed by atoms with Crippen molar-refractivity contribution in [1.29, 1.82) is 0 Å². The summed E-state index contributed by atoms with van der Waals surface area (Å²) in [6.07, 6.45) is 4.87. The highest BCUT2D eigenvalue weighted by Gasteiger charge is 2.43. The second-order valence-electron chi connectivity index (χ2n) is 5.69. The highest BCUT2D eigenvalue weighted by atomic mass is 16.3. The SMILES string of the molecule is CCNc1ccc(C(=O)N2C3CCC2CC(O)C3)nc1. The third-order valence-electron chi connectivity index (χ3n) is 4.31. The molecule has 1 aromatic heterocycles. The number of aromatic nitrogens is 1. The van der Waals surface area contributed by atoms with Gasteiger partial charge < -0.3 is 15.3 Å². The normalized spacial score (nSPS) is 28.5. The summed E-state index contributed by atoms with van der Waals surface area (Å²) in [7, 11) is 0. The average molecular weight is 275 g/mol. The molecule has 2 bridgehead atoms. The minimum atomic E-state index is -0.249. The predicted octanol–water partition coefficient (Wildman–Crippen LogP) is 1.64. The van der Waals surface area contributed by atoms with Gasteiger partial charge in [0.2, 0.25) is 0 Å². The van der Waals surface area contributed by atoms with Crippen molar-refractivity contribution in [3.05, 3.63) is 24.0 Å². The van der Waals surface area contributed by atoms with Crippen LogP contribution >= 0.6 is 0 Å². The van der Waals surface area contributed by atoms with Gasteiger partial charge in [0.1, 0.15) is 5.69 Å². The van der Waals surface area contributed by atoms with Crippen LogP contribution in [0.2, 0.25) is 0 Å². The van der Waals surface area contributed by atoms with Gasteiger partial charge in [-0.25, -0.2) is 4.98 Å². The Morgan fingerprint density at radius 1 is 1.40 bits per heavy atom. The van der Waals surface area contributed by atoms with Gasteiger partial charge in [0.15, 0.2) is 0 Å². The van der Waals surface area contributed by atoms with E-state index >= 15 is 0 Å². The van der Waals surface area contributed by atoms with E-state index in [1.807, 2.05) is 17.9 Å². The molecule has 2 N–H and O–H groups in total. The molecule has 5 heteroatoms. The van der Waals surface area contributed by atoms with Gasteiger partial charge in [-0.15, -0.1) is 0 Å². The van der Waals surface area contributed by atoms with Gasteiger partial charge in [0.25, 0.3) is 5.91 Å². The lowest BCUT2D eigenvalue weighted by Crippen LogP contribution is -2.48. The summed E-state index contributed by atoms with van der Waals surface area (Å²) in [4.78, 5) is 18.8. The van der Waals surface area contributed by atoms with E-state index in [2.05, 4.69) is 10.3 Å². The largest absolute Gasteiger partial charge is 0.393 e. The molecule has 2 aliphatic heterocycles. The lowest BCUT2D eigenvalue weighted by molar-refractivity contribution is 0.0282. The molecule has 2 unspecified atom stereocenters. The van der Waals surface area contributed by atoms with Gasteiger partial charge >= 0.3 is 0 Å². The minimum Gasteiger partial charge on any atom is -0.393 e. The molecule has 0 aliphatic carbocycles. The molecule has 108 valence electrons. The Bertz CT molecular complexity index is 474. The Kier molecular flexibility index (Phi) is 3.61. The van der Waals surface area contributed by atoms with Gasteiger partial charge in [-0.2, -0.15) is 0 Å². The highest BCUT2D eigenvalue weighted by Crippen LogP contribution is 2.36.